The third-order valence-corrected chi connectivity index (χ3v) is 15.8. The Morgan fingerprint density at radius 1 is 0.263 bits per heavy atom. The van der Waals surface area contributed by atoms with Crippen LogP contribution in [0.2, 0.25) is 0 Å². The third kappa shape index (κ3) is 6.99. The molecule has 0 saturated heterocycles. The van der Waals surface area contributed by atoms with Gasteiger partial charge in [-0.2, -0.15) is 0 Å². The van der Waals surface area contributed by atoms with Gasteiger partial charge >= 0.3 is 0 Å². The van der Waals surface area contributed by atoms with Crippen LogP contribution in [0.4, 0.5) is 34.1 Å². The second-order valence-corrected chi connectivity index (χ2v) is 20.0. The second kappa shape index (κ2) is 17.9. The first kappa shape index (κ1) is 43.7. The van der Waals surface area contributed by atoms with Gasteiger partial charge in [-0.1, -0.05) is 237 Å². The smallest absolute Gasteiger partial charge is 0.252 e. The van der Waals surface area contributed by atoms with E-state index in [1.807, 2.05) is 0 Å². The van der Waals surface area contributed by atoms with Crippen molar-refractivity contribution in [1.29, 1.82) is 0 Å². The largest absolute Gasteiger partial charge is 0.311 e. The molecule has 0 saturated carbocycles. The van der Waals surface area contributed by atoms with Gasteiger partial charge in [0.1, 0.15) is 0 Å². The number of benzene rings is 12. The Kier molecular flexibility index (Phi) is 10.3. The molecule has 0 N–H and O–H groups in total. The van der Waals surface area contributed by atoms with Crippen molar-refractivity contribution in [2.45, 2.75) is 0 Å². The lowest BCUT2D eigenvalue weighted by molar-refractivity contribution is 1.18. The Labute approximate surface area is 443 Å². The molecule has 0 unspecified atom stereocenters. The summed E-state index contributed by atoms with van der Waals surface area (Å²) in [4.78, 5) is 5.11. The third-order valence-electron chi connectivity index (χ3n) is 15.8. The zero-order valence-corrected chi connectivity index (χ0v) is 41.6. The highest BCUT2D eigenvalue weighted by molar-refractivity contribution is 7.00. The normalized spacial score (nSPS) is 12.4. The van der Waals surface area contributed by atoms with E-state index in [1.165, 1.54) is 106 Å². The van der Waals surface area contributed by atoms with Gasteiger partial charge in [-0.05, 0) is 115 Å². The molecule has 0 spiro atoms. The van der Waals surface area contributed by atoms with Crippen molar-refractivity contribution in [2.24, 2.45) is 0 Å². The zero-order valence-electron chi connectivity index (χ0n) is 41.6. The minimum Gasteiger partial charge on any atom is -0.311 e. The van der Waals surface area contributed by atoms with E-state index in [-0.39, 0.29) is 6.71 Å². The van der Waals surface area contributed by atoms with Gasteiger partial charge in [0.25, 0.3) is 6.71 Å². The lowest BCUT2D eigenvalue weighted by Gasteiger charge is -2.44. The summed E-state index contributed by atoms with van der Waals surface area (Å²) in [6.07, 6.45) is 0. The van der Waals surface area contributed by atoms with Crippen molar-refractivity contribution >= 4 is 79.0 Å². The van der Waals surface area contributed by atoms with Gasteiger partial charge < -0.3 is 14.4 Å². The number of rotatable bonds is 8. The quantitative estimate of drug-likeness (QED) is 0.141. The summed E-state index contributed by atoms with van der Waals surface area (Å²) in [5, 5.41) is 2.42. The van der Waals surface area contributed by atoms with Crippen LogP contribution in [0.1, 0.15) is 0 Å². The Bertz CT molecular complexity index is 4270. The summed E-state index contributed by atoms with van der Waals surface area (Å²) in [6, 6.07) is 107. The van der Waals surface area contributed by atoms with Crippen LogP contribution in [0.3, 0.4) is 0 Å². The number of hydrogen-bond donors (Lipinski definition) is 0. The maximum atomic E-state index is 2.59. The minimum atomic E-state index is -0.0857. The zero-order chi connectivity index (χ0) is 50.1. The van der Waals surface area contributed by atoms with Gasteiger partial charge in [0.2, 0.25) is 0 Å². The molecule has 4 heteroatoms. The first-order valence-corrected chi connectivity index (χ1v) is 26.3. The van der Waals surface area contributed by atoms with Crippen LogP contribution in [0.15, 0.2) is 291 Å². The number of aromatic nitrogens is 1. The van der Waals surface area contributed by atoms with Crippen molar-refractivity contribution in [3.05, 3.63) is 291 Å². The number of para-hydroxylation sites is 2. The van der Waals surface area contributed by atoms with E-state index in [0.29, 0.717) is 0 Å². The molecule has 3 nitrogen and oxygen atoms in total. The molecular weight excluding hydrogens is 918 g/mol. The molecule has 0 fully saturated rings. The van der Waals surface area contributed by atoms with Crippen LogP contribution in [0.25, 0.3) is 83.1 Å². The fourth-order valence-electron chi connectivity index (χ4n) is 12.4. The van der Waals surface area contributed by atoms with E-state index in [9.17, 15) is 0 Å². The van der Waals surface area contributed by atoms with Crippen LogP contribution in [-0.4, -0.2) is 11.3 Å². The van der Waals surface area contributed by atoms with Crippen molar-refractivity contribution < 1.29 is 0 Å². The van der Waals surface area contributed by atoms with E-state index in [0.717, 1.165) is 28.1 Å². The topological polar surface area (TPSA) is 11.4 Å². The second-order valence-electron chi connectivity index (χ2n) is 20.0. The first-order chi connectivity index (χ1) is 37.7. The van der Waals surface area contributed by atoms with Crippen LogP contribution in [0.5, 0.6) is 0 Å². The lowest BCUT2D eigenvalue weighted by atomic mass is 9.33. The van der Waals surface area contributed by atoms with Gasteiger partial charge in [-0.3, -0.25) is 0 Å². The highest BCUT2D eigenvalue weighted by atomic mass is 15.2. The summed E-state index contributed by atoms with van der Waals surface area (Å²) in [6.45, 7) is -0.0857. The first-order valence-electron chi connectivity index (χ1n) is 26.3. The van der Waals surface area contributed by atoms with Crippen LogP contribution in [0, 0.1) is 0 Å². The number of fused-ring (bicyclic) bond motifs is 8. The molecule has 13 aromatic rings. The Morgan fingerprint density at radius 3 is 1.37 bits per heavy atom. The number of nitrogens with zero attached hydrogens (tertiary/aromatic N) is 3. The molecule has 12 aromatic carbocycles. The van der Waals surface area contributed by atoms with Gasteiger partial charge in [-0.15, -0.1) is 0 Å². The van der Waals surface area contributed by atoms with Crippen LogP contribution in [-0.2, 0) is 0 Å². The maximum Gasteiger partial charge on any atom is 0.252 e. The molecule has 0 bridgehead atoms. The van der Waals surface area contributed by atoms with Crippen molar-refractivity contribution in [3.63, 3.8) is 0 Å². The molecule has 2 aliphatic rings. The van der Waals surface area contributed by atoms with Crippen molar-refractivity contribution in [3.8, 4) is 61.3 Å². The van der Waals surface area contributed by atoms with E-state index < -0.39 is 0 Å². The standard InChI is InChI=1S/C72H48BN3/c1-6-21-49(22-7-1)52-39-42-57(43-40-52)74-66-37-20-38-67-70(66)73(62-44-41-56(48-68(62)74)51-25-10-3-11-26-51)63-45-46-65-69(72(63)75(67)58-32-18-31-55(47-58)50-23-8-2-9-24-50)61-33-16-17-36-64(61)76(65)71-59(53-27-12-4-13-28-53)34-19-35-60(71)54-29-14-5-15-30-54/h1-48H. The monoisotopic (exact) mass is 965 g/mol. The van der Waals surface area contributed by atoms with E-state index in [1.54, 1.807) is 0 Å². The number of anilines is 6. The predicted molar refractivity (Wildman–Crippen MR) is 322 cm³/mol. The predicted octanol–water partition coefficient (Wildman–Crippen LogP) is 17.2. The van der Waals surface area contributed by atoms with Gasteiger partial charge in [0.05, 0.1) is 22.4 Å². The van der Waals surface area contributed by atoms with Crippen LogP contribution < -0.4 is 26.2 Å². The Balaban J connectivity index is 1.04. The van der Waals surface area contributed by atoms with E-state index >= 15 is 0 Å². The molecule has 1 aromatic heterocycles. The molecule has 0 atom stereocenters. The van der Waals surface area contributed by atoms with E-state index in [4.69, 9.17) is 0 Å². The molecular formula is C72H48BN3. The minimum absolute atomic E-state index is 0.0857. The molecule has 0 amide bonds. The molecule has 354 valence electrons. The van der Waals surface area contributed by atoms with Crippen molar-refractivity contribution in [2.75, 3.05) is 9.80 Å². The summed E-state index contributed by atoms with van der Waals surface area (Å²) in [5.41, 5.74) is 26.1. The van der Waals surface area contributed by atoms with Crippen LogP contribution >= 0.6 is 0 Å². The van der Waals surface area contributed by atoms with Gasteiger partial charge in [0.15, 0.2) is 0 Å². The molecule has 0 aliphatic carbocycles. The fraction of sp³-hybridized carbons (Fsp3) is 0. The summed E-state index contributed by atoms with van der Waals surface area (Å²) in [7, 11) is 0. The molecule has 0 radical (unpaired) electrons. The average molecular weight is 966 g/mol. The van der Waals surface area contributed by atoms with E-state index in [2.05, 4.69) is 306 Å². The summed E-state index contributed by atoms with van der Waals surface area (Å²) < 4.78 is 2.56. The molecule has 2 aliphatic heterocycles. The fourth-order valence-corrected chi connectivity index (χ4v) is 12.4. The molecule has 76 heavy (non-hydrogen) atoms. The highest BCUT2D eigenvalue weighted by Crippen LogP contribution is 2.50. The Hall–Kier alpha value is -9.90. The highest BCUT2D eigenvalue weighted by Gasteiger charge is 2.44. The molecule has 3 heterocycles. The lowest BCUT2D eigenvalue weighted by Crippen LogP contribution is -2.61. The van der Waals surface area contributed by atoms with Gasteiger partial charge in [0, 0.05) is 50.3 Å². The maximum absolute atomic E-state index is 2.59. The number of hydrogen-bond acceptors (Lipinski definition) is 2. The SMILES string of the molecule is c1ccc(-c2ccc(N3c4cc(-c5ccccc5)ccc4B4c5ccc6c(c5N(c5cccc(-c7ccccc7)c5)c5cccc3c54)c3ccccc3n6-c3c(-c4ccccc4)cccc3-c3ccccc3)cc2)cc1. The van der Waals surface area contributed by atoms with Crippen molar-refractivity contribution in [1.82, 2.24) is 4.57 Å². The van der Waals surface area contributed by atoms with Gasteiger partial charge in [-0.25, -0.2) is 0 Å². The average Bonchev–Trinajstić information content (AvgIpc) is 4.04. The Morgan fingerprint density at radius 2 is 0.737 bits per heavy atom. The summed E-state index contributed by atoms with van der Waals surface area (Å²) in [5.74, 6) is 0. The molecule has 15 rings (SSSR count). The summed E-state index contributed by atoms with van der Waals surface area (Å²) >= 11 is 0.